The second kappa shape index (κ2) is 2.67. The maximum Gasteiger partial charge on any atom is 0.0537 e. The molecule has 32 valence electrons. The van der Waals surface area contributed by atoms with Gasteiger partial charge in [0.25, 0.3) is 0 Å². The summed E-state index contributed by atoms with van der Waals surface area (Å²) >= 11 is 3.24. The number of nitrogens with zero attached hydrogens (tertiary/aromatic N) is 1. The van der Waals surface area contributed by atoms with Gasteiger partial charge >= 0.3 is 0 Å². The van der Waals surface area contributed by atoms with E-state index in [2.05, 4.69) is 15.9 Å². The second-order valence-electron chi connectivity index (χ2n) is 1.20. The highest BCUT2D eigenvalue weighted by molar-refractivity contribution is 9.09. The van der Waals surface area contributed by atoms with E-state index < -0.39 is 0 Å². The van der Waals surface area contributed by atoms with Gasteiger partial charge in [-0.1, -0.05) is 15.9 Å². The minimum Gasteiger partial charge on any atom is -0.300 e. The minimum atomic E-state index is 0.951. The van der Waals surface area contributed by atoms with Crippen molar-refractivity contribution in [2.45, 2.75) is 0 Å². The highest BCUT2D eigenvalue weighted by Gasteiger charge is 1.74. The SMILES string of the molecule is CN(C)CBr. The van der Waals surface area contributed by atoms with Crippen LogP contribution in [0.2, 0.25) is 0 Å². The topological polar surface area (TPSA) is 3.24 Å². The lowest BCUT2D eigenvalue weighted by atomic mass is 11.0. The van der Waals surface area contributed by atoms with E-state index in [1.165, 1.54) is 0 Å². The molecule has 1 nitrogen and oxygen atoms in total. The zero-order valence-electron chi connectivity index (χ0n) is 3.53. The van der Waals surface area contributed by atoms with Crippen molar-refractivity contribution < 1.29 is 0 Å². The van der Waals surface area contributed by atoms with Gasteiger partial charge in [0.1, 0.15) is 0 Å². The van der Waals surface area contributed by atoms with Crippen molar-refractivity contribution >= 4 is 15.9 Å². The molecule has 0 aliphatic rings. The number of hydrogen-bond donors (Lipinski definition) is 0. The quantitative estimate of drug-likeness (QED) is 0.384. The third kappa shape index (κ3) is 4.44. The van der Waals surface area contributed by atoms with Gasteiger partial charge in [0.15, 0.2) is 0 Å². The summed E-state index contributed by atoms with van der Waals surface area (Å²) in [4.78, 5) is 2.04. The van der Waals surface area contributed by atoms with E-state index >= 15 is 0 Å². The van der Waals surface area contributed by atoms with Crippen LogP contribution in [0.1, 0.15) is 0 Å². The monoisotopic (exact) mass is 137 g/mol. The molecular formula is C3H8BrN. The maximum atomic E-state index is 3.24. The summed E-state index contributed by atoms with van der Waals surface area (Å²) in [7, 11) is 4.02. The van der Waals surface area contributed by atoms with E-state index in [-0.39, 0.29) is 0 Å². The Kier molecular flexibility index (Phi) is 2.90. The van der Waals surface area contributed by atoms with Gasteiger partial charge in [-0.3, -0.25) is 4.90 Å². The van der Waals surface area contributed by atoms with E-state index in [9.17, 15) is 0 Å². The number of alkyl halides is 1. The van der Waals surface area contributed by atoms with Crippen LogP contribution in [0.25, 0.3) is 0 Å². The molecule has 0 aliphatic carbocycles. The Bertz CT molecular complexity index is 20.9. The first-order valence-electron chi connectivity index (χ1n) is 1.48. The molecule has 0 radical (unpaired) electrons. The second-order valence-corrected chi connectivity index (χ2v) is 1.70. The lowest BCUT2D eigenvalue weighted by Crippen LogP contribution is -2.06. The van der Waals surface area contributed by atoms with Crippen LogP contribution in [0.5, 0.6) is 0 Å². The van der Waals surface area contributed by atoms with Crippen LogP contribution in [0.3, 0.4) is 0 Å². The summed E-state index contributed by atoms with van der Waals surface area (Å²) in [5.41, 5.74) is 0.951. The van der Waals surface area contributed by atoms with E-state index in [1.807, 2.05) is 19.0 Å². The lowest BCUT2D eigenvalue weighted by Gasteiger charge is -1.98. The predicted octanol–water partition coefficient (Wildman–Crippen LogP) is 0.900. The number of rotatable bonds is 1. The van der Waals surface area contributed by atoms with E-state index in [4.69, 9.17) is 0 Å². The fourth-order valence-electron chi connectivity index (χ4n) is 0. The molecule has 5 heavy (non-hydrogen) atoms. The van der Waals surface area contributed by atoms with E-state index in [0.29, 0.717) is 0 Å². The van der Waals surface area contributed by atoms with Crippen LogP contribution in [0, 0.1) is 0 Å². The zero-order chi connectivity index (χ0) is 4.28. The zero-order valence-corrected chi connectivity index (χ0v) is 5.12. The van der Waals surface area contributed by atoms with E-state index in [1.54, 1.807) is 0 Å². The largest absolute Gasteiger partial charge is 0.300 e. The van der Waals surface area contributed by atoms with Crippen LogP contribution in [-0.2, 0) is 0 Å². The summed E-state index contributed by atoms with van der Waals surface area (Å²) in [6.45, 7) is 0. The average molecular weight is 138 g/mol. The van der Waals surface area contributed by atoms with Crippen LogP contribution >= 0.6 is 15.9 Å². The molecular weight excluding hydrogens is 130 g/mol. The van der Waals surface area contributed by atoms with Gasteiger partial charge in [0.05, 0.1) is 5.45 Å². The molecule has 0 unspecified atom stereocenters. The first-order valence-corrected chi connectivity index (χ1v) is 2.60. The van der Waals surface area contributed by atoms with Crippen molar-refractivity contribution in [1.82, 2.24) is 4.90 Å². The van der Waals surface area contributed by atoms with Crippen molar-refractivity contribution in [3.63, 3.8) is 0 Å². The molecule has 0 bridgehead atoms. The third-order valence-corrected chi connectivity index (χ3v) is 1.24. The molecule has 0 N–H and O–H groups in total. The van der Waals surface area contributed by atoms with Crippen molar-refractivity contribution in [2.75, 3.05) is 19.5 Å². The van der Waals surface area contributed by atoms with Crippen molar-refractivity contribution in [3.8, 4) is 0 Å². The Labute approximate surface area is 41.1 Å². The number of halogens is 1. The Hall–Kier alpha value is 0.440. The Morgan fingerprint density at radius 1 is 1.60 bits per heavy atom. The molecule has 0 heterocycles. The van der Waals surface area contributed by atoms with Gasteiger partial charge in [-0.2, -0.15) is 0 Å². The molecule has 0 aromatic rings. The summed E-state index contributed by atoms with van der Waals surface area (Å²) in [5, 5.41) is 0. The van der Waals surface area contributed by atoms with Gasteiger partial charge in [-0.15, -0.1) is 0 Å². The molecule has 0 saturated heterocycles. The highest BCUT2D eigenvalue weighted by atomic mass is 79.9. The van der Waals surface area contributed by atoms with Gasteiger partial charge in [0.2, 0.25) is 0 Å². The molecule has 0 aromatic carbocycles. The van der Waals surface area contributed by atoms with Crippen molar-refractivity contribution in [2.24, 2.45) is 0 Å². The molecule has 0 fully saturated rings. The minimum absolute atomic E-state index is 0.951. The summed E-state index contributed by atoms with van der Waals surface area (Å²) in [6.07, 6.45) is 0. The standard InChI is InChI=1S/C3H8BrN/c1-5(2)3-4/h3H2,1-2H3. The Balaban J connectivity index is 2.54. The van der Waals surface area contributed by atoms with Crippen LogP contribution in [-0.4, -0.2) is 24.4 Å². The molecule has 0 saturated carbocycles. The smallest absolute Gasteiger partial charge is 0.0537 e. The summed E-state index contributed by atoms with van der Waals surface area (Å²) in [6, 6.07) is 0. The van der Waals surface area contributed by atoms with E-state index in [0.717, 1.165) is 5.45 Å². The van der Waals surface area contributed by atoms with Gasteiger partial charge in [-0.05, 0) is 14.1 Å². The fourth-order valence-corrected chi connectivity index (χ4v) is 0. The van der Waals surface area contributed by atoms with Crippen molar-refractivity contribution in [1.29, 1.82) is 0 Å². The predicted molar refractivity (Wildman–Crippen MR) is 27.5 cm³/mol. The first kappa shape index (κ1) is 5.44. The summed E-state index contributed by atoms with van der Waals surface area (Å²) < 4.78 is 0. The van der Waals surface area contributed by atoms with Crippen LogP contribution in [0.15, 0.2) is 0 Å². The molecule has 2 heteroatoms. The first-order chi connectivity index (χ1) is 2.27. The molecule has 0 rings (SSSR count). The van der Waals surface area contributed by atoms with Gasteiger partial charge in [0, 0.05) is 0 Å². The molecule has 0 amide bonds. The summed E-state index contributed by atoms with van der Waals surface area (Å²) in [5.74, 6) is 0. The third-order valence-electron chi connectivity index (χ3n) is 0.239. The molecule has 0 aromatic heterocycles. The van der Waals surface area contributed by atoms with Crippen LogP contribution < -0.4 is 0 Å². The highest BCUT2D eigenvalue weighted by Crippen LogP contribution is 1.78. The normalized spacial score (nSPS) is 9.60. The fraction of sp³-hybridized carbons (Fsp3) is 1.00. The van der Waals surface area contributed by atoms with Gasteiger partial charge in [-0.25, -0.2) is 0 Å². The molecule has 0 atom stereocenters. The average Bonchev–Trinajstić information content (AvgIpc) is 1.38. The molecule has 0 aliphatic heterocycles. The van der Waals surface area contributed by atoms with Crippen LogP contribution in [0.4, 0.5) is 0 Å². The Morgan fingerprint density at radius 2 is 1.80 bits per heavy atom. The lowest BCUT2D eigenvalue weighted by molar-refractivity contribution is 0.490. The van der Waals surface area contributed by atoms with Gasteiger partial charge < -0.3 is 0 Å². The molecule has 0 spiro atoms. The maximum absolute atomic E-state index is 3.24. The number of hydrogen-bond acceptors (Lipinski definition) is 1. The Morgan fingerprint density at radius 3 is 1.80 bits per heavy atom. The van der Waals surface area contributed by atoms with Crippen molar-refractivity contribution in [3.05, 3.63) is 0 Å².